The normalized spacial score (nSPS) is 22.2. The Kier molecular flexibility index (Phi) is 6.96. The van der Waals surface area contributed by atoms with E-state index in [4.69, 9.17) is 32.7 Å². The van der Waals surface area contributed by atoms with Crippen LogP contribution in [0.2, 0.25) is 10.0 Å². The van der Waals surface area contributed by atoms with Crippen molar-refractivity contribution >= 4 is 35.0 Å². The average molecular weight is 469 g/mol. The SMILES string of the molecule is CC1(NC(=O)COc2cccc(Cl)c2)CC(C)(NC(=O)COc2ccc(Cl)c(F)c2)C1. The summed E-state index contributed by atoms with van der Waals surface area (Å²) in [6, 6.07) is 10.8. The van der Waals surface area contributed by atoms with E-state index in [-0.39, 0.29) is 35.8 Å². The van der Waals surface area contributed by atoms with Crippen LogP contribution in [0.15, 0.2) is 42.5 Å². The van der Waals surface area contributed by atoms with E-state index in [1.165, 1.54) is 12.1 Å². The molecule has 31 heavy (non-hydrogen) atoms. The maximum Gasteiger partial charge on any atom is 0.258 e. The predicted molar refractivity (Wildman–Crippen MR) is 116 cm³/mol. The first-order valence-corrected chi connectivity index (χ1v) is 10.4. The molecule has 1 aliphatic carbocycles. The minimum atomic E-state index is -0.614. The fourth-order valence-electron chi connectivity index (χ4n) is 4.01. The standard InChI is InChI=1S/C22H23Cl2FN2O4/c1-21(26-19(28)10-30-15-5-3-4-14(23)8-15)12-22(2,13-21)27-20(29)11-31-16-6-7-17(24)18(25)9-16/h3-9H,10-13H2,1-2H3,(H,26,28)(H,27,29). The summed E-state index contributed by atoms with van der Waals surface area (Å²) in [6.45, 7) is 3.41. The Balaban J connectivity index is 1.41. The summed E-state index contributed by atoms with van der Waals surface area (Å²) in [5.41, 5.74) is -0.946. The molecule has 0 atom stereocenters. The Morgan fingerprint density at radius 3 is 2.00 bits per heavy atom. The second-order valence-electron chi connectivity index (χ2n) is 8.18. The molecule has 0 saturated heterocycles. The zero-order valence-corrected chi connectivity index (χ0v) is 18.6. The Bertz CT molecular complexity index is 980. The van der Waals surface area contributed by atoms with Crippen LogP contribution in [0.3, 0.4) is 0 Å². The predicted octanol–water partition coefficient (Wildman–Crippen LogP) is 4.13. The molecule has 0 bridgehead atoms. The van der Waals surface area contributed by atoms with Gasteiger partial charge in [0.25, 0.3) is 11.8 Å². The summed E-state index contributed by atoms with van der Waals surface area (Å²) in [5.74, 6) is -0.484. The molecule has 0 heterocycles. The Morgan fingerprint density at radius 1 is 0.935 bits per heavy atom. The van der Waals surface area contributed by atoms with Gasteiger partial charge in [0.15, 0.2) is 13.2 Å². The van der Waals surface area contributed by atoms with Crippen molar-refractivity contribution in [1.82, 2.24) is 10.6 Å². The number of carbonyl (C=O) groups excluding carboxylic acids is 2. The van der Waals surface area contributed by atoms with Gasteiger partial charge in [-0.1, -0.05) is 29.3 Å². The molecule has 166 valence electrons. The monoisotopic (exact) mass is 468 g/mol. The number of hydrogen-bond acceptors (Lipinski definition) is 4. The smallest absolute Gasteiger partial charge is 0.258 e. The summed E-state index contributed by atoms with van der Waals surface area (Å²) in [5, 5.41) is 6.35. The molecule has 2 amide bonds. The first kappa shape index (κ1) is 23.2. The molecule has 0 aliphatic heterocycles. The third-order valence-corrected chi connectivity index (χ3v) is 5.41. The minimum Gasteiger partial charge on any atom is -0.484 e. The molecule has 1 saturated carbocycles. The fraction of sp³-hybridized carbons (Fsp3) is 0.364. The molecule has 0 spiro atoms. The number of benzene rings is 2. The lowest BCUT2D eigenvalue weighted by Gasteiger charge is -2.53. The number of nitrogens with one attached hydrogen (secondary N) is 2. The quantitative estimate of drug-likeness (QED) is 0.610. The molecule has 3 rings (SSSR count). The van der Waals surface area contributed by atoms with Gasteiger partial charge in [0.2, 0.25) is 0 Å². The van der Waals surface area contributed by atoms with E-state index in [2.05, 4.69) is 10.6 Å². The number of hydrogen-bond donors (Lipinski definition) is 2. The van der Waals surface area contributed by atoms with E-state index in [1.54, 1.807) is 24.3 Å². The van der Waals surface area contributed by atoms with Crippen LogP contribution in [0.25, 0.3) is 0 Å². The van der Waals surface area contributed by atoms with Crippen molar-refractivity contribution < 1.29 is 23.5 Å². The molecule has 0 aromatic heterocycles. The molecule has 2 aromatic rings. The highest BCUT2D eigenvalue weighted by molar-refractivity contribution is 6.31. The highest BCUT2D eigenvalue weighted by atomic mass is 35.5. The second-order valence-corrected chi connectivity index (χ2v) is 9.03. The second kappa shape index (κ2) is 9.32. The lowest BCUT2D eigenvalue weighted by Crippen LogP contribution is -2.69. The zero-order valence-electron chi connectivity index (χ0n) is 17.1. The van der Waals surface area contributed by atoms with Gasteiger partial charge in [0, 0.05) is 22.2 Å². The van der Waals surface area contributed by atoms with Gasteiger partial charge in [0.1, 0.15) is 17.3 Å². The van der Waals surface area contributed by atoms with Gasteiger partial charge in [-0.05, 0) is 57.0 Å². The maximum atomic E-state index is 13.4. The van der Waals surface area contributed by atoms with Crippen molar-refractivity contribution in [2.24, 2.45) is 0 Å². The molecular formula is C22H23Cl2FN2O4. The first-order chi connectivity index (χ1) is 14.6. The average Bonchev–Trinajstić information content (AvgIpc) is 2.66. The lowest BCUT2D eigenvalue weighted by molar-refractivity contribution is -0.129. The van der Waals surface area contributed by atoms with Crippen LogP contribution in [-0.4, -0.2) is 36.1 Å². The van der Waals surface area contributed by atoms with E-state index in [0.717, 1.165) is 6.07 Å². The highest BCUT2D eigenvalue weighted by Crippen LogP contribution is 2.40. The Morgan fingerprint density at radius 2 is 1.48 bits per heavy atom. The van der Waals surface area contributed by atoms with Crippen LogP contribution in [0.4, 0.5) is 4.39 Å². The van der Waals surface area contributed by atoms with Crippen molar-refractivity contribution in [3.63, 3.8) is 0 Å². The molecule has 9 heteroatoms. The van der Waals surface area contributed by atoms with Crippen LogP contribution >= 0.6 is 23.2 Å². The number of ether oxygens (including phenoxy) is 2. The van der Waals surface area contributed by atoms with E-state index >= 15 is 0 Å². The third-order valence-electron chi connectivity index (χ3n) is 4.87. The number of halogens is 3. The van der Waals surface area contributed by atoms with Gasteiger partial charge < -0.3 is 20.1 Å². The first-order valence-electron chi connectivity index (χ1n) is 9.64. The van der Waals surface area contributed by atoms with Gasteiger partial charge in [-0.2, -0.15) is 0 Å². The summed E-state index contributed by atoms with van der Waals surface area (Å²) >= 11 is 11.5. The van der Waals surface area contributed by atoms with Gasteiger partial charge >= 0.3 is 0 Å². The lowest BCUT2D eigenvalue weighted by atomic mass is 9.64. The van der Waals surface area contributed by atoms with Gasteiger partial charge in [-0.25, -0.2) is 4.39 Å². The van der Waals surface area contributed by atoms with Crippen molar-refractivity contribution in [2.75, 3.05) is 13.2 Å². The highest BCUT2D eigenvalue weighted by Gasteiger charge is 2.50. The van der Waals surface area contributed by atoms with E-state index in [9.17, 15) is 14.0 Å². The fourth-order valence-corrected chi connectivity index (χ4v) is 4.31. The topological polar surface area (TPSA) is 76.7 Å². The van der Waals surface area contributed by atoms with Crippen molar-refractivity contribution in [3.05, 3.63) is 58.3 Å². The molecule has 6 nitrogen and oxygen atoms in total. The van der Waals surface area contributed by atoms with Crippen LogP contribution in [0, 0.1) is 5.82 Å². The minimum absolute atomic E-state index is 0.0157. The molecule has 2 aromatic carbocycles. The van der Waals surface area contributed by atoms with E-state index in [0.29, 0.717) is 23.6 Å². The zero-order chi connectivity index (χ0) is 22.6. The molecule has 0 unspecified atom stereocenters. The molecule has 2 N–H and O–H groups in total. The maximum absolute atomic E-state index is 13.4. The largest absolute Gasteiger partial charge is 0.484 e. The van der Waals surface area contributed by atoms with E-state index < -0.39 is 16.9 Å². The number of amides is 2. The van der Waals surface area contributed by atoms with Crippen LogP contribution in [0.5, 0.6) is 11.5 Å². The van der Waals surface area contributed by atoms with Crippen LogP contribution < -0.4 is 20.1 Å². The summed E-state index contributed by atoms with van der Waals surface area (Å²) in [4.78, 5) is 24.5. The van der Waals surface area contributed by atoms with Gasteiger partial charge in [0.05, 0.1) is 5.02 Å². The third kappa shape index (κ3) is 6.48. The Labute approximate surface area is 190 Å². The molecule has 1 fully saturated rings. The number of rotatable bonds is 8. The van der Waals surface area contributed by atoms with Crippen LogP contribution in [0.1, 0.15) is 26.7 Å². The molecule has 0 radical (unpaired) electrons. The molecular weight excluding hydrogens is 446 g/mol. The number of carbonyl (C=O) groups is 2. The Hall–Kier alpha value is -2.51. The van der Waals surface area contributed by atoms with Crippen molar-refractivity contribution in [3.8, 4) is 11.5 Å². The van der Waals surface area contributed by atoms with Crippen molar-refractivity contribution in [1.29, 1.82) is 0 Å². The van der Waals surface area contributed by atoms with Crippen LogP contribution in [-0.2, 0) is 9.59 Å². The van der Waals surface area contributed by atoms with E-state index in [1.807, 2.05) is 13.8 Å². The molecule has 1 aliphatic rings. The van der Waals surface area contributed by atoms with Crippen molar-refractivity contribution in [2.45, 2.75) is 37.8 Å². The summed E-state index contributed by atoms with van der Waals surface area (Å²) in [7, 11) is 0. The van der Waals surface area contributed by atoms with Gasteiger partial charge in [-0.3, -0.25) is 9.59 Å². The summed E-state index contributed by atoms with van der Waals surface area (Å²) in [6.07, 6.45) is 1.09. The summed E-state index contributed by atoms with van der Waals surface area (Å²) < 4.78 is 24.2. The van der Waals surface area contributed by atoms with Gasteiger partial charge in [-0.15, -0.1) is 0 Å².